The Labute approximate surface area is 212 Å². The molecule has 0 spiro atoms. The van der Waals surface area contributed by atoms with Crippen molar-refractivity contribution in [2.24, 2.45) is 58.2 Å². The van der Waals surface area contributed by atoms with Gasteiger partial charge >= 0.3 is 0 Å². The Hall–Kier alpha value is -0.690. The van der Waals surface area contributed by atoms with E-state index in [-0.39, 0.29) is 34.5 Å². The lowest BCUT2D eigenvalue weighted by Crippen LogP contribution is -2.55. The molecular formula is C29H51NO5. The van der Waals surface area contributed by atoms with Crippen LogP contribution in [0.25, 0.3) is 0 Å². The Balaban J connectivity index is 1.57. The highest BCUT2D eigenvalue weighted by Gasteiger charge is 2.62. The zero-order chi connectivity index (χ0) is 25.9. The highest BCUT2D eigenvalue weighted by Crippen LogP contribution is 2.65. The van der Waals surface area contributed by atoms with E-state index in [2.05, 4.69) is 46.9 Å². The molecule has 1 saturated heterocycles. The highest BCUT2D eigenvalue weighted by molar-refractivity contribution is 5.80. The van der Waals surface area contributed by atoms with Crippen LogP contribution in [0.4, 0.5) is 0 Å². The maximum atomic E-state index is 13.1. The lowest BCUT2D eigenvalue weighted by molar-refractivity contribution is -0.150. The number of aliphatic hydroxyl groups excluding tert-OH is 4. The molecule has 13 atom stereocenters. The molecule has 0 aromatic rings. The van der Waals surface area contributed by atoms with Crippen LogP contribution >= 0.6 is 0 Å². The summed E-state index contributed by atoms with van der Waals surface area (Å²) >= 11 is 0. The van der Waals surface area contributed by atoms with E-state index in [0.29, 0.717) is 49.0 Å². The van der Waals surface area contributed by atoms with Gasteiger partial charge in [0.25, 0.3) is 0 Å². The molecule has 4 fully saturated rings. The number of rotatable bonds is 6. The minimum atomic E-state index is -0.827. The minimum absolute atomic E-state index is 0.0136. The summed E-state index contributed by atoms with van der Waals surface area (Å²) in [4.78, 5) is 13.1. The van der Waals surface area contributed by atoms with E-state index in [1.165, 1.54) is 0 Å². The molecular weight excluding hydrogens is 442 g/mol. The highest BCUT2D eigenvalue weighted by atomic mass is 16.3. The summed E-state index contributed by atoms with van der Waals surface area (Å²) < 4.78 is 0. The van der Waals surface area contributed by atoms with Crippen LogP contribution in [0.3, 0.4) is 0 Å². The largest absolute Gasteiger partial charge is 0.390 e. The van der Waals surface area contributed by atoms with Gasteiger partial charge < -0.3 is 25.7 Å². The molecule has 35 heavy (non-hydrogen) atoms. The SMILES string of the molecule is CC[C@@H](C(C)C)[C@H](O)[C@@H](O)[C@@H](C)[C@H]1CCC2C3CNC(=O)C4C[C@H](O)[C@H](O)C[C@]4(C)C3CC[C@@]21C. The molecule has 202 valence electrons. The molecule has 6 nitrogen and oxygen atoms in total. The van der Waals surface area contributed by atoms with Crippen LogP contribution in [0.1, 0.15) is 86.5 Å². The van der Waals surface area contributed by atoms with Crippen molar-refractivity contribution >= 4 is 5.91 Å². The van der Waals surface area contributed by atoms with Crippen molar-refractivity contribution in [2.45, 2.75) is 111 Å². The van der Waals surface area contributed by atoms with Crippen molar-refractivity contribution in [3.8, 4) is 0 Å². The normalized spacial score (nSPS) is 47.1. The first-order valence-corrected chi connectivity index (χ1v) is 14.4. The third-order valence-electron chi connectivity index (χ3n) is 11.8. The minimum Gasteiger partial charge on any atom is -0.390 e. The van der Waals surface area contributed by atoms with Gasteiger partial charge in [-0.1, -0.05) is 48.0 Å². The fraction of sp³-hybridized carbons (Fsp3) is 0.966. The monoisotopic (exact) mass is 493 g/mol. The Morgan fingerprint density at radius 3 is 2.26 bits per heavy atom. The fourth-order valence-electron chi connectivity index (χ4n) is 9.76. The van der Waals surface area contributed by atoms with Crippen LogP contribution in [-0.2, 0) is 4.79 Å². The molecule has 0 bridgehead atoms. The predicted octanol–water partition coefficient (Wildman–Crippen LogP) is 3.35. The second-order valence-corrected chi connectivity index (χ2v) is 13.6. The van der Waals surface area contributed by atoms with E-state index >= 15 is 0 Å². The van der Waals surface area contributed by atoms with Gasteiger partial charge in [-0.2, -0.15) is 0 Å². The summed E-state index contributed by atoms with van der Waals surface area (Å²) in [6, 6.07) is 0. The quantitative estimate of drug-likeness (QED) is 0.390. The van der Waals surface area contributed by atoms with Crippen molar-refractivity contribution in [2.75, 3.05) is 6.54 Å². The van der Waals surface area contributed by atoms with Gasteiger partial charge in [0.05, 0.1) is 24.4 Å². The first-order chi connectivity index (χ1) is 16.4. The standard InChI is InChI=1S/C29H51NO5/c1-7-17(15(2)3)26(34)25(33)16(4)19-8-9-20-18-14-30-27(35)22-12-23(31)24(32)13-29(22,6)21(18)10-11-28(19,20)5/h15-26,31-34H,7-14H2,1-6H3,(H,30,35)/t16-,17-,18?,19+,20?,21?,22?,23-,24+,25-,26-,28+,29+/m0/s1. The molecule has 6 heteroatoms. The maximum Gasteiger partial charge on any atom is 0.223 e. The van der Waals surface area contributed by atoms with E-state index in [0.717, 1.165) is 32.1 Å². The van der Waals surface area contributed by atoms with Gasteiger partial charge in [0.2, 0.25) is 5.91 Å². The third kappa shape index (κ3) is 4.38. The van der Waals surface area contributed by atoms with Crippen LogP contribution in [0.15, 0.2) is 0 Å². The van der Waals surface area contributed by atoms with Crippen LogP contribution in [0.2, 0.25) is 0 Å². The third-order valence-corrected chi connectivity index (χ3v) is 11.8. The Kier molecular flexibility index (Phi) is 7.72. The van der Waals surface area contributed by atoms with Crippen molar-refractivity contribution in [3.63, 3.8) is 0 Å². The summed E-state index contributed by atoms with van der Waals surface area (Å²) in [5, 5.41) is 46.5. The summed E-state index contributed by atoms with van der Waals surface area (Å²) in [5.41, 5.74) is -0.245. The molecule has 0 radical (unpaired) electrons. The van der Waals surface area contributed by atoms with Crippen LogP contribution < -0.4 is 5.32 Å². The van der Waals surface area contributed by atoms with Crippen molar-refractivity contribution in [1.82, 2.24) is 5.32 Å². The summed E-state index contributed by atoms with van der Waals surface area (Å²) in [7, 11) is 0. The van der Waals surface area contributed by atoms with Crippen LogP contribution in [-0.4, -0.2) is 57.3 Å². The van der Waals surface area contributed by atoms with E-state index in [1.807, 2.05) is 0 Å². The van der Waals surface area contributed by atoms with E-state index in [4.69, 9.17) is 0 Å². The van der Waals surface area contributed by atoms with Crippen molar-refractivity contribution in [3.05, 3.63) is 0 Å². The van der Waals surface area contributed by atoms with Crippen molar-refractivity contribution < 1.29 is 25.2 Å². The fourth-order valence-corrected chi connectivity index (χ4v) is 9.76. The van der Waals surface area contributed by atoms with Gasteiger partial charge in [-0.3, -0.25) is 4.79 Å². The second kappa shape index (κ2) is 9.89. The van der Waals surface area contributed by atoms with Gasteiger partial charge in [-0.15, -0.1) is 0 Å². The van der Waals surface area contributed by atoms with Gasteiger partial charge in [0.15, 0.2) is 0 Å². The van der Waals surface area contributed by atoms with Gasteiger partial charge in [-0.05, 0) is 90.8 Å². The molecule has 1 heterocycles. The number of fused-ring (bicyclic) bond motifs is 5. The number of carbonyl (C=O) groups excluding carboxylic acids is 1. The number of aliphatic hydroxyl groups is 4. The average Bonchev–Trinajstić information content (AvgIpc) is 3.11. The predicted molar refractivity (Wildman–Crippen MR) is 136 cm³/mol. The lowest BCUT2D eigenvalue weighted by atomic mass is 9.48. The molecule has 0 aromatic heterocycles. The first kappa shape index (κ1) is 27.3. The average molecular weight is 494 g/mol. The molecule has 1 amide bonds. The number of hydrogen-bond acceptors (Lipinski definition) is 5. The molecule has 4 rings (SSSR count). The molecule has 1 aliphatic heterocycles. The zero-order valence-corrected chi connectivity index (χ0v) is 22.8. The zero-order valence-electron chi connectivity index (χ0n) is 22.8. The van der Waals surface area contributed by atoms with Gasteiger partial charge in [-0.25, -0.2) is 0 Å². The lowest BCUT2D eigenvalue weighted by Gasteiger charge is -2.56. The summed E-state index contributed by atoms with van der Waals surface area (Å²) in [5.74, 6) is 1.68. The van der Waals surface area contributed by atoms with Crippen LogP contribution in [0.5, 0.6) is 0 Å². The molecule has 5 N–H and O–H groups in total. The number of amides is 1. The number of hydrogen-bond donors (Lipinski definition) is 5. The Morgan fingerprint density at radius 1 is 0.971 bits per heavy atom. The number of carbonyl (C=O) groups is 1. The molecule has 4 unspecified atom stereocenters. The molecule has 3 saturated carbocycles. The summed E-state index contributed by atoms with van der Waals surface area (Å²) in [6.45, 7) is 13.7. The van der Waals surface area contributed by atoms with Crippen molar-refractivity contribution in [1.29, 1.82) is 0 Å². The maximum absolute atomic E-state index is 13.1. The van der Waals surface area contributed by atoms with E-state index < -0.39 is 24.4 Å². The van der Waals surface area contributed by atoms with Crippen LogP contribution in [0, 0.1) is 58.2 Å². The molecule has 4 aliphatic rings. The Morgan fingerprint density at radius 2 is 1.63 bits per heavy atom. The second-order valence-electron chi connectivity index (χ2n) is 13.6. The Bertz CT molecular complexity index is 774. The van der Waals surface area contributed by atoms with Gasteiger partial charge in [0.1, 0.15) is 0 Å². The smallest absolute Gasteiger partial charge is 0.223 e. The molecule has 0 aromatic carbocycles. The van der Waals surface area contributed by atoms with E-state index in [1.54, 1.807) is 0 Å². The first-order valence-electron chi connectivity index (χ1n) is 14.4. The topological polar surface area (TPSA) is 110 Å². The van der Waals surface area contributed by atoms with E-state index in [9.17, 15) is 25.2 Å². The van der Waals surface area contributed by atoms with Gasteiger partial charge in [0, 0.05) is 12.5 Å². The number of nitrogens with one attached hydrogen (secondary N) is 1. The molecule has 3 aliphatic carbocycles. The summed E-state index contributed by atoms with van der Waals surface area (Å²) in [6.07, 6.45) is 2.83.